The maximum atomic E-state index is 4.09. The van der Waals surface area contributed by atoms with Gasteiger partial charge >= 0.3 is 0 Å². The molecule has 92 valence electrons. The highest BCUT2D eigenvalue weighted by molar-refractivity contribution is 7.57. The molecular weight excluding hydrogens is 215 g/mol. The van der Waals surface area contributed by atoms with Gasteiger partial charge in [-0.25, -0.2) is 4.98 Å². The molecule has 16 heavy (non-hydrogen) atoms. The molecule has 0 aliphatic carbocycles. The molecule has 0 spiro atoms. The molecule has 0 N–H and O–H groups in total. The normalized spacial score (nSPS) is 11.9. The lowest BCUT2D eigenvalue weighted by Crippen LogP contribution is -2.08. The van der Waals surface area contributed by atoms with Crippen LogP contribution >= 0.6 is 7.92 Å². The van der Waals surface area contributed by atoms with Crippen molar-refractivity contribution < 1.29 is 0 Å². The third-order valence-electron chi connectivity index (χ3n) is 2.48. The lowest BCUT2D eigenvalue weighted by Gasteiger charge is -2.22. The van der Waals surface area contributed by atoms with Gasteiger partial charge in [-0.3, -0.25) is 0 Å². The molecule has 1 aromatic rings. The molecule has 0 saturated carbocycles. The van der Waals surface area contributed by atoms with Gasteiger partial charge in [0.05, 0.1) is 6.33 Å². The van der Waals surface area contributed by atoms with Gasteiger partial charge in [0.1, 0.15) is 0 Å². The van der Waals surface area contributed by atoms with E-state index in [-0.39, 0.29) is 7.92 Å². The first kappa shape index (κ1) is 13.7. The Bertz CT molecular complexity index is 257. The van der Waals surface area contributed by atoms with Crippen molar-refractivity contribution in [3.05, 3.63) is 18.7 Å². The fourth-order valence-electron chi connectivity index (χ4n) is 1.97. The van der Waals surface area contributed by atoms with Crippen LogP contribution in [-0.4, -0.2) is 28.0 Å². The summed E-state index contributed by atoms with van der Waals surface area (Å²) in [5.74, 6) is 1.68. The van der Waals surface area contributed by atoms with Crippen molar-refractivity contribution in [1.29, 1.82) is 0 Å². The van der Waals surface area contributed by atoms with Crippen molar-refractivity contribution in [3.63, 3.8) is 0 Å². The van der Waals surface area contributed by atoms with Crippen LogP contribution in [0.1, 0.15) is 27.7 Å². The van der Waals surface area contributed by atoms with Gasteiger partial charge in [-0.1, -0.05) is 27.7 Å². The van der Waals surface area contributed by atoms with Crippen molar-refractivity contribution in [2.24, 2.45) is 11.8 Å². The predicted molar refractivity (Wildman–Crippen MR) is 73.4 cm³/mol. The van der Waals surface area contributed by atoms with E-state index in [1.807, 2.05) is 12.5 Å². The monoisotopic (exact) mass is 240 g/mol. The zero-order valence-electron chi connectivity index (χ0n) is 11.1. The zero-order valence-corrected chi connectivity index (χ0v) is 12.0. The van der Waals surface area contributed by atoms with E-state index in [4.69, 9.17) is 0 Å². The Morgan fingerprint density at radius 2 is 1.75 bits per heavy atom. The van der Waals surface area contributed by atoms with Gasteiger partial charge in [-0.05, 0) is 30.3 Å². The van der Waals surface area contributed by atoms with Crippen molar-refractivity contribution in [2.75, 3.05) is 18.5 Å². The van der Waals surface area contributed by atoms with Gasteiger partial charge < -0.3 is 4.57 Å². The molecule has 2 nitrogen and oxygen atoms in total. The summed E-state index contributed by atoms with van der Waals surface area (Å²) in [6, 6.07) is 0. The first-order chi connectivity index (χ1) is 7.58. The molecule has 0 amide bonds. The Hall–Kier alpha value is -0.360. The third-order valence-corrected chi connectivity index (χ3v) is 5.81. The predicted octanol–water partition coefficient (Wildman–Crippen LogP) is 3.68. The highest BCUT2D eigenvalue weighted by Gasteiger charge is 2.11. The van der Waals surface area contributed by atoms with Gasteiger partial charge in [0.2, 0.25) is 0 Å². The number of imidazole rings is 1. The molecule has 0 aliphatic heterocycles. The quantitative estimate of drug-likeness (QED) is 0.665. The molecule has 0 fully saturated rings. The SMILES string of the molecule is CC(C)CP(CCn1ccnc1)CC(C)C. The molecule has 0 aromatic carbocycles. The van der Waals surface area contributed by atoms with Gasteiger partial charge in [-0.15, -0.1) is 7.92 Å². The number of hydrogen-bond acceptors (Lipinski definition) is 1. The lowest BCUT2D eigenvalue weighted by atomic mass is 10.3. The van der Waals surface area contributed by atoms with Crippen LogP contribution in [0.3, 0.4) is 0 Å². The second-order valence-electron chi connectivity index (χ2n) is 5.35. The van der Waals surface area contributed by atoms with Crippen LogP contribution in [-0.2, 0) is 6.54 Å². The highest BCUT2D eigenvalue weighted by atomic mass is 31.1. The average molecular weight is 240 g/mol. The maximum Gasteiger partial charge on any atom is 0.0946 e. The van der Waals surface area contributed by atoms with E-state index in [0.29, 0.717) is 0 Å². The number of nitrogens with zero attached hydrogens (tertiary/aromatic N) is 2. The number of hydrogen-bond donors (Lipinski definition) is 0. The summed E-state index contributed by atoms with van der Waals surface area (Å²) in [5.41, 5.74) is 0. The summed E-state index contributed by atoms with van der Waals surface area (Å²) >= 11 is 0. The van der Waals surface area contributed by atoms with Crippen molar-refractivity contribution in [3.8, 4) is 0 Å². The second kappa shape index (κ2) is 7.06. The third kappa shape index (κ3) is 5.65. The molecule has 0 aliphatic rings. The Labute approximate surface area is 101 Å². The number of aryl methyl sites for hydroxylation is 1. The number of aromatic nitrogens is 2. The van der Waals surface area contributed by atoms with Crippen LogP contribution in [0, 0.1) is 11.8 Å². The van der Waals surface area contributed by atoms with Crippen LogP contribution in [0.5, 0.6) is 0 Å². The van der Waals surface area contributed by atoms with Crippen LogP contribution in [0.4, 0.5) is 0 Å². The molecule has 0 radical (unpaired) electrons. The summed E-state index contributed by atoms with van der Waals surface area (Å²) < 4.78 is 2.20. The van der Waals surface area contributed by atoms with E-state index in [1.165, 1.54) is 18.5 Å². The van der Waals surface area contributed by atoms with E-state index >= 15 is 0 Å². The number of rotatable bonds is 7. The van der Waals surface area contributed by atoms with Gasteiger partial charge in [0, 0.05) is 18.9 Å². The zero-order chi connectivity index (χ0) is 12.0. The van der Waals surface area contributed by atoms with Crippen molar-refractivity contribution in [2.45, 2.75) is 34.2 Å². The van der Waals surface area contributed by atoms with Gasteiger partial charge in [-0.2, -0.15) is 0 Å². The standard InChI is InChI=1S/C13H25N2P/c1-12(2)9-16(10-13(3)4)8-7-15-6-5-14-11-15/h5-6,11-13H,7-10H2,1-4H3. The molecule has 1 rings (SSSR count). The van der Waals surface area contributed by atoms with Crippen LogP contribution < -0.4 is 0 Å². The van der Waals surface area contributed by atoms with Crippen LogP contribution in [0.15, 0.2) is 18.7 Å². The molecule has 3 heteroatoms. The molecule has 0 unspecified atom stereocenters. The Balaban J connectivity index is 2.37. The van der Waals surface area contributed by atoms with Crippen molar-refractivity contribution in [1.82, 2.24) is 9.55 Å². The summed E-state index contributed by atoms with van der Waals surface area (Å²) in [7, 11) is 0.207. The molecular formula is C13H25N2P. The van der Waals surface area contributed by atoms with Crippen molar-refractivity contribution >= 4 is 7.92 Å². The van der Waals surface area contributed by atoms with Crippen LogP contribution in [0.2, 0.25) is 0 Å². The summed E-state index contributed by atoms with van der Waals surface area (Å²) in [5, 5.41) is 0. The maximum absolute atomic E-state index is 4.09. The molecule has 0 saturated heterocycles. The van der Waals surface area contributed by atoms with E-state index in [2.05, 4.69) is 43.4 Å². The summed E-state index contributed by atoms with van der Waals surface area (Å²) in [4.78, 5) is 4.09. The topological polar surface area (TPSA) is 17.8 Å². The van der Waals surface area contributed by atoms with E-state index < -0.39 is 0 Å². The summed E-state index contributed by atoms with van der Waals surface area (Å²) in [6.07, 6.45) is 10.1. The first-order valence-electron chi connectivity index (χ1n) is 6.26. The van der Waals surface area contributed by atoms with Gasteiger partial charge in [0.15, 0.2) is 0 Å². The minimum atomic E-state index is 0.207. The van der Waals surface area contributed by atoms with Gasteiger partial charge in [0.25, 0.3) is 0 Å². The second-order valence-corrected chi connectivity index (χ2v) is 7.87. The van der Waals surface area contributed by atoms with Crippen LogP contribution in [0.25, 0.3) is 0 Å². The highest BCUT2D eigenvalue weighted by Crippen LogP contribution is 2.39. The molecule has 0 atom stereocenters. The lowest BCUT2D eigenvalue weighted by molar-refractivity contribution is 0.706. The minimum Gasteiger partial charge on any atom is -0.337 e. The van der Waals surface area contributed by atoms with E-state index in [1.54, 1.807) is 0 Å². The first-order valence-corrected chi connectivity index (χ1v) is 8.15. The molecule has 1 heterocycles. The Morgan fingerprint density at radius 1 is 1.12 bits per heavy atom. The molecule has 0 bridgehead atoms. The Morgan fingerprint density at radius 3 is 2.19 bits per heavy atom. The average Bonchev–Trinajstić information content (AvgIpc) is 2.64. The summed E-state index contributed by atoms with van der Waals surface area (Å²) in [6.45, 7) is 10.5. The Kier molecular flexibility index (Phi) is 6.05. The molecule has 1 aromatic heterocycles. The fraction of sp³-hybridized carbons (Fsp3) is 0.769. The largest absolute Gasteiger partial charge is 0.337 e. The fourth-order valence-corrected chi connectivity index (χ4v) is 5.06. The van der Waals surface area contributed by atoms with E-state index in [0.717, 1.165) is 18.4 Å². The smallest absolute Gasteiger partial charge is 0.0946 e. The minimum absolute atomic E-state index is 0.207. The van der Waals surface area contributed by atoms with E-state index in [9.17, 15) is 0 Å².